The van der Waals surface area contributed by atoms with Crippen LogP contribution in [0.3, 0.4) is 0 Å². The summed E-state index contributed by atoms with van der Waals surface area (Å²) in [5.74, 6) is 0. The summed E-state index contributed by atoms with van der Waals surface area (Å²) in [6.07, 6.45) is 3.75. The van der Waals surface area contributed by atoms with Crippen LogP contribution in [0.25, 0.3) is 0 Å². The van der Waals surface area contributed by atoms with E-state index < -0.39 is 13.6 Å². The fourth-order valence-electron chi connectivity index (χ4n) is 0.342. The number of rotatable bonds is 0. The first kappa shape index (κ1) is 14.0. The molecule has 5 nitrogen and oxygen atoms in total. The molecule has 7 heteroatoms. The zero-order chi connectivity index (χ0) is 8.74. The largest absolute Gasteiger partial charge is 0.218 e. The Hall–Kier alpha value is -0.508. The van der Waals surface area contributed by atoms with Gasteiger partial charge in [0.1, 0.15) is 0 Å². The van der Waals surface area contributed by atoms with Gasteiger partial charge in [-0.05, 0) is 0 Å². The van der Waals surface area contributed by atoms with Crippen molar-refractivity contribution >= 4 is 0 Å². The molecule has 0 unspecified atom stereocenters. The average molecular weight is 234 g/mol. The van der Waals surface area contributed by atoms with E-state index in [4.69, 9.17) is 15.9 Å². The quantitative estimate of drug-likeness (QED) is 0.489. The molecule has 70 valence electrons. The summed E-state index contributed by atoms with van der Waals surface area (Å²) in [6.45, 7) is 0. The van der Waals surface area contributed by atoms with Crippen molar-refractivity contribution in [1.29, 1.82) is 0 Å². The van der Waals surface area contributed by atoms with E-state index in [0.717, 1.165) is 0 Å². The first-order valence-electron chi connectivity index (χ1n) is 2.58. The van der Waals surface area contributed by atoms with Crippen LogP contribution < -0.4 is 13.3 Å². The maximum Gasteiger partial charge on any atom is 0.166 e. The third kappa shape index (κ3) is 22.7. The van der Waals surface area contributed by atoms with Crippen LogP contribution in [0.4, 0.5) is 0 Å². The Balaban J connectivity index is 0. The van der Waals surface area contributed by atoms with Gasteiger partial charge in [0, 0.05) is 12.1 Å². The minimum atomic E-state index is -5.75. The van der Waals surface area contributed by atoms with Gasteiger partial charge in [0.05, 0.1) is 12.4 Å². The number of halogens is 1. The fraction of sp³-hybridized carbons (Fsp3) is 0. The molecule has 0 aliphatic carbocycles. The number of hydrogen-bond donors (Lipinski definition) is 0. The van der Waals surface area contributed by atoms with Crippen LogP contribution in [-0.4, -0.2) is 0 Å². The van der Waals surface area contributed by atoms with Gasteiger partial charge in [-0.25, -0.2) is 4.98 Å². The van der Waals surface area contributed by atoms with Gasteiger partial charge in [-0.15, -0.1) is 0 Å². The Labute approximate surface area is 77.9 Å². The maximum atomic E-state index is 8.59. The molecule has 0 amide bonds. The van der Waals surface area contributed by atoms with Crippen LogP contribution in [0.5, 0.6) is 0 Å². The van der Waals surface area contributed by atoms with Crippen molar-refractivity contribution < 1.29 is 46.9 Å². The Bertz CT molecular complexity index is 240. The molecule has 1 N–H and O–H groups in total. The van der Waals surface area contributed by atoms with Crippen molar-refractivity contribution in [1.82, 2.24) is 0 Å². The molecule has 0 atom stereocenters. The van der Waals surface area contributed by atoms with Crippen molar-refractivity contribution in [2.45, 2.75) is 0 Å². The van der Waals surface area contributed by atoms with E-state index in [-0.39, 0.29) is 12.4 Å². The van der Waals surface area contributed by atoms with E-state index in [1.807, 2.05) is 30.6 Å². The first-order chi connectivity index (χ1) is 5.00. The number of pyridine rings is 1. The van der Waals surface area contributed by atoms with Gasteiger partial charge in [0.15, 0.2) is 12.4 Å². The van der Waals surface area contributed by atoms with Gasteiger partial charge in [-0.2, -0.15) is 0 Å². The van der Waals surface area contributed by atoms with E-state index in [9.17, 15) is 0 Å². The second-order valence-corrected chi connectivity index (χ2v) is 2.76. The molecule has 0 saturated heterocycles. The van der Waals surface area contributed by atoms with E-state index >= 15 is 0 Å². The van der Waals surface area contributed by atoms with Crippen LogP contribution in [-0.2, 0) is 21.2 Å². The zero-order valence-electron chi connectivity index (χ0n) is 5.88. The van der Waals surface area contributed by atoms with E-state index in [2.05, 4.69) is 4.98 Å². The van der Waals surface area contributed by atoms with Crippen molar-refractivity contribution in [2.75, 3.05) is 0 Å². The van der Waals surface area contributed by atoms with Gasteiger partial charge < -0.3 is 0 Å². The second-order valence-electron chi connectivity index (χ2n) is 1.49. The predicted octanol–water partition coefficient (Wildman–Crippen LogP) is -2.65. The molecule has 0 saturated carbocycles. The summed E-state index contributed by atoms with van der Waals surface area (Å²) in [5.41, 5.74) is 0. The summed E-state index contributed by atoms with van der Waals surface area (Å²) >= 11 is -5.75. The Morgan fingerprint density at radius 3 is 1.42 bits per heavy atom. The Morgan fingerprint density at radius 1 is 1.00 bits per heavy atom. The minimum absolute atomic E-state index is 0. The Kier molecular flexibility index (Phi) is 8.38. The standard InChI is InChI=1S/C5H5N.ClH2.Cr.4O/c1-2-4-6-5-3-1;;;;;;/h1-5H;1H2;;;;;/q;+1;;;;2*-1/p+1. The third-order valence-electron chi connectivity index (χ3n) is 0.607. The van der Waals surface area contributed by atoms with Gasteiger partial charge in [0.25, 0.3) is 0 Å². The zero-order valence-corrected chi connectivity index (χ0v) is 8.04. The summed E-state index contributed by atoms with van der Waals surface area (Å²) in [6, 6.07) is 5.86. The third-order valence-corrected chi connectivity index (χ3v) is 0.607. The SMILES string of the molecule is [ClH2+].[O]=[Cr](=[O])([O-])[O-].c1cc[nH+]cc1. The number of hydrogen-bond acceptors (Lipinski definition) is 4. The molecular formula is C5H8ClCrNO4. The van der Waals surface area contributed by atoms with E-state index in [0.29, 0.717) is 0 Å². The molecule has 0 aromatic carbocycles. The molecule has 1 heterocycles. The summed E-state index contributed by atoms with van der Waals surface area (Å²) in [7, 11) is 0. The predicted molar refractivity (Wildman–Crippen MR) is 27.2 cm³/mol. The minimum Gasteiger partial charge on any atom is -0.218 e. The van der Waals surface area contributed by atoms with Crippen molar-refractivity contribution in [2.24, 2.45) is 0 Å². The molecule has 1 aromatic rings. The molecule has 0 radical (unpaired) electrons. The normalized spacial score (nSPS) is 8.83. The smallest absolute Gasteiger partial charge is 0.166 e. The number of aromatic nitrogens is 1. The van der Waals surface area contributed by atoms with Gasteiger partial charge in [0.2, 0.25) is 0 Å². The average Bonchev–Trinajstić information content (AvgIpc) is 1.88. The molecule has 0 aliphatic heterocycles. The van der Waals surface area contributed by atoms with Crippen LogP contribution in [0.1, 0.15) is 0 Å². The number of nitrogens with one attached hydrogen (secondary N) is 1. The van der Waals surface area contributed by atoms with Gasteiger partial charge >= 0.3 is 29.5 Å². The molecule has 0 fully saturated rings. The van der Waals surface area contributed by atoms with Crippen LogP contribution >= 0.6 is 0 Å². The molecule has 0 bridgehead atoms. The van der Waals surface area contributed by atoms with Crippen LogP contribution in [0, 0.1) is 12.4 Å². The van der Waals surface area contributed by atoms with Crippen molar-refractivity contribution in [3.63, 3.8) is 0 Å². The van der Waals surface area contributed by atoms with Gasteiger partial charge in [-0.1, -0.05) is 6.07 Å². The summed E-state index contributed by atoms with van der Waals surface area (Å²) < 4.78 is 34.4. The van der Waals surface area contributed by atoms with Crippen molar-refractivity contribution in [3.8, 4) is 0 Å². The number of H-pyrrole nitrogens is 1. The van der Waals surface area contributed by atoms with E-state index in [1.165, 1.54) is 0 Å². The monoisotopic (exact) mass is 233 g/mol. The first-order valence-corrected chi connectivity index (χ1v) is 4.66. The number of aromatic amines is 1. The summed E-state index contributed by atoms with van der Waals surface area (Å²) in [4.78, 5) is 2.89. The van der Waals surface area contributed by atoms with Crippen molar-refractivity contribution in [3.05, 3.63) is 30.6 Å². The van der Waals surface area contributed by atoms with Gasteiger partial charge in [-0.3, -0.25) is 0 Å². The fourth-order valence-corrected chi connectivity index (χ4v) is 0.342. The maximum absolute atomic E-state index is 8.59. The molecule has 1 aromatic heterocycles. The molecule has 0 spiro atoms. The van der Waals surface area contributed by atoms with Crippen LogP contribution in [0.15, 0.2) is 30.6 Å². The topological polar surface area (TPSA) is 94.4 Å². The summed E-state index contributed by atoms with van der Waals surface area (Å²) in [5, 5.41) is 0. The molecule has 12 heavy (non-hydrogen) atoms. The van der Waals surface area contributed by atoms with Crippen LogP contribution in [0.2, 0.25) is 0 Å². The molecule has 1 rings (SSSR count). The van der Waals surface area contributed by atoms with E-state index in [1.54, 1.807) is 0 Å². The second kappa shape index (κ2) is 7.16. The molecular weight excluding hydrogens is 226 g/mol. The molecule has 0 aliphatic rings. The Morgan fingerprint density at radius 2 is 1.33 bits per heavy atom.